The van der Waals surface area contributed by atoms with E-state index in [0.29, 0.717) is 30.3 Å². The molecule has 202 valence electrons. The molecule has 1 aliphatic carbocycles. The van der Waals surface area contributed by atoms with Crippen molar-refractivity contribution in [2.75, 3.05) is 30.3 Å². The van der Waals surface area contributed by atoms with Crippen molar-refractivity contribution in [2.24, 2.45) is 0 Å². The molecule has 3 atom stereocenters. The predicted octanol–water partition coefficient (Wildman–Crippen LogP) is 4.09. The van der Waals surface area contributed by atoms with Gasteiger partial charge in [-0.1, -0.05) is 17.7 Å². The first-order valence-electron chi connectivity index (χ1n) is 12.9. The van der Waals surface area contributed by atoms with Crippen LogP contribution in [-0.2, 0) is 14.3 Å². The Morgan fingerprint density at radius 3 is 2.95 bits per heavy atom. The lowest BCUT2D eigenvalue weighted by Gasteiger charge is -2.60. The first kappa shape index (κ1) is 25.6. The molecule has 3 unspecified atom stereocenters. The third-order valence-electron chi connectivity index (χ3n) is 8.27. The second kappa shape index (κ2) is 9.22. The summed E-state index contributed by atoms with van der Waals surface area (Å²) < 4.78 is 6.43. The molecule has 1 fully saturated rings. The number of aromatic amines is 1. The molecule has 9 nitrogen and oxygen atoms in total. The number of H-pyrrole nitrogens is 1. The Morgan fingerprint density at radius 2 is 2.13 bits per heavy atom. The Labute approximate surface area is 231 Å². The highest BCUT2D eigenvalue weighted by molar-refractivity contribution is 6.31. The molecule has 2 amide bonds. The molecular weight excluding hydrogens is 516 g/mol. The van der Waals surface area contributed by atoms with Gasteiger partial charge in [0.25, 0.3) is 0 Å². The number of nitrogens with zero attached hydrogens (tertiary/aromatic N) is 2. The average molecular weight is 547 g/mol. The number of carbonyl (C=O) groups is 2. The van der Waals surface area contributed by atoms with Gasteiger partial charge in [-0.15, -0.1) is 0 Å². The summed E-state index contributed by atoms with van der Waals surface area (Å²) >= 11 is 6.59. The molecule has 0 spiro atoms. The summed E-state index contributed by atoms with van der Waals surface area (Å²) in [5, 5.41) is 11.2. The van der Waals surface area contributed by atoms with Crippen LogP contribution in [0.5, 0.6) is 0 Å². The maximum absolute atomic E-state index is 13.6. The van der Waals surface area contributed by atoms with Gasteiger partial charge in [-0.05, 0) is 62.7 Å². The van der Waals surface area contributed by atoms with Gasteiger partial charge in [0.2, 0.25) is 12.3 Å². The molecule has 1 aromatic carbocycles. The van der Waals surface area contributed by atoms with Crippen molar-refractivity contribution < 1.29 is 14.3 Å². The summed E-state index contributed by atoms with van der Waals surface area (Å²) in [6.07, 6.45) is 9.83. The Bertz CT molecular complexity index is 1530. The second-order valence-electron chi connectivity index (χ2n) is 11.3. The number of allylic oxidation sites excluding steroid dienone is 2. The largest absolute Gasteiger partial charge is 0.372 e. The highest BCUT2D eigenvalue weighted by Crippen LogP contribution is 2.56. The third-order valence-corrected chi connectivity index (χ3v) is 8.51. The highest BCUT2D eigenvalue weighted by Gasteiger charge is 2.64. The molecule has 10 heteroatoms. The number of aromatic nitrogens is 2. The molecule has 0 radical (unpaired) electrons. The van der Waals surface area contributed by atoms with Crippen molar-refractivity contribution >= 4 is 46.2 Å². The molecule has 0 bridgehead atoms. The molecule has 1 saturated heterocycles. The van der Waals surface area contributed by atoms with E-state index < -0.39 is 16.7 Å². The standard InChI is InChI=1S/C29H31ClN6O3/c1-27(2)15-36(14-26(38)34-20-4-5-23-18(10-20)6-9-32-23)28(3,16-39-27)29-22(11-19(30)12-25(29)33-17-37)21-7-8-31-13-24(21)35-29/h4-13,17,22,32,35H,14-16H2,1-3H3,(H,33,37)(H,34,38). The molecule has 39 heavy (non-hydrogen) atoms. The third kappa shape index (κ3) is 4.12. The zero-order valence-corrected chi connectivity index (χ0v) is 22.8. The van der Waals surface area contributed by atoms with Crippen LogP contribution in [0, 0.1) is 0 Å². The van der Waals surface area contributed by atoms with Gasteiger partial charge in [-0.2, -0.15) is 0 Å². The highest BCUT2D eigenvalue weighted by atomic mass is 35.5. The lowest BCUT2D eigenvalue weighted by Crippen LogP contribution is -2.75. The smallest absolute Gasteiger partial charge is 0.238 e. The Hall–Kier alpha value is -3.66. The lowest BCUT2D eigenvalue weighted by atomic mass is 9.64. The van der Waals surface area contributed by atoms with E-state index in [1.54, 1.807) is 18.5 Å². The van der Waals surface area contributed by atoms with E-state index in [2.05, 4.69) is 37.7 Å². The zero-order chi connectivity index (χ0) is 27.4. The number of ether oxygens (including phenoxy) is 1. The van der Waals surface area contributed by atoms with Gasteiger partial charge in [0.15, 0.2) is 0 Å². The number of rotatable bonds is 6. The quantitative estimate of drug-likeness (QED) is 0.347. The Morgan fingerprint density at radius 1 is 1.28 bits per heavy atom. The number of anilines is 2. The van der Waals surface area contributed by atoms with E-state index >= 15 is 0 Å². The van der Waals surface area contributed by atoms with Crippen molar-refractivity contribution in [3.63, 3.8) is 0 Å². The Balaban J connectivity index is 1.39. The van der Waals surface area contributed by atoms with Gasteiger partial charge in [0.1, 0.15) is 5.54 Å². The number of hydrogen-bond donors (Lipinski definition) is 4. The number of morpholine rings is 1. The summed E-state index contributed by atoms with van der Waals surface area (Å²) in [7, 11) is 0. The summed E-state index contributed by atoms with van der Waals surface area (Å²) in [6.45, 7) is 7.02. The molecule has 4 N–H and O–H groups in total. The topological polar surface area (TPSA) is 111 Å². The average Bonchev–Trinajstić information content (AvgIpc) is 3.49. The predicted molar refractivity (Wildman–Crippen MR) is 151 cm³/mol. The zero-order valence-electron chi connectivity index (χ0n) is 22.0. The van der Waals surface area contributed by atoms with Gasteiger partial charge in [0.05, 0.1) is 36.2 Å². The van der Waals surface area contributed by atoms with Gasteiger partial charge in [-0.3, -0.25) is 19.5 Å². The van der Waals surface area contributed by atoms with Gasteiger partial charge in [-0.25, -0.2) is 0 Å². The number of amides is 2. The van der Waals surface area contributed by atoms with Crippen LogP contribution in [0.15, 0.2) is 71.8 Å². The number of benzene rings is 1. The van der Waals surface area contributed by atoms with E-state index in [1.165, 1.54) is 0 Å². The number of pyridine rings is 1. The van der Waals surface area contributed by atoms with E-state index in [4.69, 9.17) is 16.3 Å². The summed E-state index contributed by atoms with van der Waals surface area (Å²) in [6, 6.07) is 9.72. The molecule has 2 aromatic heterocycles. The van der Waals surface area contributed by atoms with Crippen LogP contribution in [-0.4, -0.2) is 63.6 Å². The molecule has 3 aromatic rings. The first-order valence-corrected chi connectivity index (χ1v) is 13.3. The number of carbonyl (C=O) groups excluding carboxylic acids is 2. The van der Waals surface area contributed by atoms with Gasteiger partial charge in [0, 0.05) is 52.2 Å². The monoisotopic (exact) mass is 546 g/mol. The molecular formula is C29H31ClN6O3. The minimum absolute atomic E-state index is 0.116. The number of hydrogen-bond acceptors (Lipinski definition) is 6. The second-order valence-corrected chi connectivity index (χ2v) is 11.7. The minimum Gasteiger partial charge on any atom is -0.372 e. The van der Waals surface area contributed by atoms with Crippen molar-refractivity contribution in [3.05, 3.63) is 77.4 Å². The van der Waals surface area contributed by atoms with Crippen molar-refractivity contribution in [2.45, 2.75) is 43.4 Å². The van der Waals surface area contributed by atoms with Gasteiger partial charge < -0.3 is 25.7 Å². The maximum Gasteiger partial charge on any atom is 0.238 e. The first-order chi connectivity index (χ1) is 18.6. The number of nitrogens with one attached hydrogen (secondary N) is 4. The van der Waals surface area contributed by atoms with Crippen LogP contribution in [0.4, 0.5) is 11.4 Å². The van der Waals surface area contributed by atoms with E-state index in [9.17, 15) is 9.59 Å². The van der Waals surface area contributed by atoms with Crippen LogP contribution in [0.2, 0.25) is 0 Å². The maximum atomic E-state index is 13.6. The normalized spacial score (nSPS) is 27.5. The van der Waals surface area contributed by atoms with Crippen LogP contribution in [0.3, 0.4) is 0 Å². The fourth-order valence-corrected chi connectivity index (χ4v) is 6.63. The lowest BCUT2D eigenvalue weighted by molar-refractivity contribution is -0.167. The molecule has 0 saturated carbocycles. The van der Waals surface area contributed by atoms with Crippen molar-refractivity contribution in [1.29, 1.82) is 0 Å². The van der Waals surface area contributed by atoms with E-state index in [1.807, 2.05) is 56.5 Å². The van der Waals surface area contributed by atoms with Crippen LogP contribution in [0.1, 0.15) is 32.3 Å². The van der Waals surface area contributed by atoms with Crippen LogP contribution in [0.25, 0.3) is 10.9 Å². The SMILES string of the molecule is CC1(C)CN(CC(=O)Nc2ccc3[nH]ccc3c2)C(C)(C23Nc4cnccc4C2C=C(Cl)C=C3NC=O)CO1. The number of fused-ring (bicyclic) bond motifs is 4. The van der Waals surface area contributed by atoms with Crippen molar-refractivity contribution in [1.82, 2.24) is 20.2 Å². The minimum atomic E-state index is -0.890. The molecule has 6 rings (SSSR count). The fourth-order valence-electron chi connectivity index (χ4n) is 6.40. The van der Waals surface area contributed by atoms with E-state index in [0.717, 1.165) is 27.8 Å². The summed E-state index contributed by atoms with van der Waals surface area (Å²) in [5.74, 6) is -0.385. The molecule has 2 aliphatic heterocycles. The molecule has 3 aliphatic rings. The van der Waals surface area contributed by atoms with Gasteiger partial charge >= 0.3 is 0 Å². The summed E-state index contributed by atoms with van der Waals surface area (Å²) in [5.41, 5.74) is 2.03. The van der Waals surface area contributed by atoms with Crippen LogP contribution >= 0.6 is 11.6 Å². The van der Waals surface area contributed by atoms with Crippen LogP contribution < -0.4 is 16.0 Å². The molecule has 4 heterocycles. The van der Waals surface area contributed by atoms with Crippen molar-refractivity contribution in [3.8, 4) is 0 Å². The van der Waals surface area contributed by atoms with E-state index in [-0.39, 0.29) is 18.4 Å². The summed E-state index contributed by atoms with van der Waals surface area (Å²) in [4.78, 5) is 35.0. The number of halogens is 1. The fraction of sp³-hybridized carbons (Fsp3) is 0.345. The Kier molecular flexibility index (Phi) is 6.05.